The Kier molecular flexibility index (Phi) is 3.28. The summed E-state index contributed by atoms with van der Waals surface area (Å²) in [7, 11) is 0. The van der Waals surface area contributed by atoms with Crippen molar-refractivity contribution < 1.29 is 19.0 Å². The van der Waals surface area contributed by atoms with Crippen molar-refractivity contribution in [3.05, 3.63) is 23.2 Å². The maximum atomic E-state index is 13.4. The lowest BCUT2D eigenvalue weighted by Gasteiger charge is -2.39. The van der Waals surface area contributed by atoms with E-state index in [-0.39, 0.29) is 24.1 Å². The number of aliphatic hydroxyl groups excluding tert-OH is 1. The van der Waals surface area contributed by atoms with Gasteiger partial charge in [-0.1, -0.05) is 11.6 Å². The summed E-state index contributed by atoms with van der Waals surface area (Å²) in [5, 5.41) is 8.92. The Labute approximate surface area is 97.0 Å². The summed E-state index contributed by atoms with van der Waals surface area (Å²) < 4.78 is 23.7. The number of rotatable bonds is 4. The van der Waals surface area contributed by atoms with Crippen LogP contribution in [0.2, 0.25) is 5.15 Å². The number of aliphatic hydroxyl groups is 1. The average Bonchev–Trinajstić information content (AvgIpc) is 2.23. The smallest absolute Gasteiger partial charge is 0.202 e. The Balaban J connectivity index is 2.02. The van der Waals surface area contributed by atoms with Gasteiger partial charge in [-0.3, -0.25) is 0 Å². The van der Waals surface area contributed by atoms with Crippen molar-refractivity contribution in [1.29, 1.82) is 0 Å². The third-order valence-corrected chi connectivity index (χ3v) is 2.76. The summed E-state index contributed by atoms with van der Waals surface area (Å²) in [6.45, 7) is 0.988. The standard InChI is InChI=1S/C10H11ClFNO3/c11-9-8(12)7(1-2-13-9)16-6-10(3-14)4-15-5-10/h1-2,14H,3-6H2. The van der Waals surface area contributed by atoms with E-state index in [4.69, 9.17) is 26.2 Å². The van der Waals surface area contributed by atoms with Crippen molar-refractivity contribution in [2.24, 2.45) is 5.41 Å². The predicted octanol–water partition coefficient (Wildman–Crippen LogP) is 1.26. The van der Waals surface area contributed by atoms with Gasteiger partial charge in [0.1, 0.15) is 6.61 Å². The maximum Gasteiger partial charge on any atom is 0.202 e. The minimum atomic E-state index is -0.683. The first-order valence-electron chi connectivity index (χ1n) is 4.78. The lowest BCUT2D eigenvalue weighted by atomic mass is 9.88. The zero-order valence-electron chi connectivity index (χ0n) is 8.45. The Morgan fingerprint density at radius 3 is 2.94 bits per heavy atom. The van der Waals surface area contributed by atoms with Gasteiger partial charge in [-0.05, 0) is 0 Å². The largest absolute Gasteiger partial charge is 0.489 e. The third kappa shape index (κ3) is 2.11. The first-order chi connectivity index (χ1) is 7.67. The van der Waals surface area contributed by atoms with Crippen LogP contribution in [0.25, 0.3) is 0 Å². The summed E-state index contributed by atoms with van der Waals surface area (Å²) in [4.78, 5) is 3.57. The lowest BCUT2D eigenvalue weighted by molar-refractivity contribution is -0.153. The van der Waals surface area contributed by atoms with Crippen LogP contribution >= 0.6 is 11.6 Å². The fourth-order valence-corrected chi connectivity index (χ4v) is 1.50. The molecule has 1 aromatic heterocycles. The molecule has 1 fully saturated rings. The predicted molar refractivity (Wildman–Crippen MR) is 55.0 cm³/mol. The summed E-state index contributed by atoms with van der Waals surface area (Å²) >= 11 is 5.51. The fourth-order valence-electron chi connectivity index (χ4n) is 1.36. The summed E-state index contributed by atoms with van der Waals surface area (Å²) in [5.41, 5.74) is -0.414. The van der Waals surface area contributed by atoms with Crippen LogP contribution in [-0.2, 0) is 4.74 Å². The van der Waals surface area contributed by atoms with Crippen LogP contribution in [0.15, 0.2) is 12.3 Å². The van der Waals surface area contributed by atoms with E-state index < -0.39 is 11.2 Å². The van der Waals surface area contributed by atoms with Crippen LogP contribution in [0, 0.1) is 11.2 Å². The molecule has 4 nitrogen and oxygen atoms in total. The van der Waals surface area contributed by atoms with Gasteiger partial charge in [0.2, 0.25) is 5.82 Å². The highest BCUT2D eigenvalue weighted by Gasteiger charge is 2.39. The molecule has 1 aromatic rings. The van der Waals surface area contributed by atoms with E-state index in [0.717, 1.165) is 0 Å². The number of halogens is 2. The fraction of sp³-hybridized carbons (Fsp3) is 0.500. The molecule has 0 bridgehead atoms. The highest BCUT2D eigenvalue weighted by molar-refractivity contribution is 6.29. The van der Waals surface area contributed by atoms with Crippen molar-refractivity contribution in [2.45, 2.75) is 0 Å². The minimum absolute atomic E-state index is 0.0414. The zero-order chi connectivity index (χ0) is 11.6. The molecular weight excluding hydrogens is 237 g/mol. The van der Waals surface area contributed by atoms with Crippen molar-refractivity contribution in [1.82, 2.24) is 4.98 Å². The molecule has 0 radical (unpaired) electrons. The molecule has 0 aromatic carbocycles. The molecule has 2 heterocycles. The second-order valence-electron chi connectivity index (χ2n) is 3.85. The minimum Gasteiger partial charge on any atom is -0.489 e. The van der Waals surface area contributed by atoms with E-state index in [9.17, 15) is 4.39 Å². The van der Waals surface area contributed by atoms with E-state index in [2.05, 4.69) is 4.98 Å². The molecule has 88 valence electrons. The molecular formula is C10H11ClFNO3. The second kappa shape index (κ2) is 4.53. The molecule has 1 aliphatic rings. The van der Waals surface area contributed by atoms with Crippen LogP contribution in [0.3, 0.4) is 0 Å². The van der Waals surface area contributed by atoms with Gasteiger partial charge in [0.25, 0.3) is 0 Å². The maximum absolute atomic E-state index is 13.4. The highest BCUT2D eigenvalue weighted by Crippen LogP contribution is 2.29. The van der Waals surface area contributed by atoms with Crippen molar-refractivity contribution >= 4 is 11.6 Å². The van der Waals surface area contributed by atoms with Gasteiger partial charge in [-0.15, -0.1) is 0 Å². The van der Waals surface area contributed by atoms with Gasteiger partial charge < -0.3 is 14.6 Å². The normalized spacial score (nSPS) is 17.9. The van der Waals surface area contributed by atoms with E-state index in [1.54, 1.807) is 0 Å². The molecule has 0 saturated carbocycles. The Morgan fingerprint density at radius 2 is 2.38 bits per heavy atom. The number of hydrogen-bond donors (Lipinski definition) is 1. The summed E-state index contributed by atoms with van der Waals surface area (Å²) in [6, 6.07) is 1.39. The summed E-state index contributed by atoms with van der Waals surface area (Å²) in [6.07, 6.45) is 1.36. The Bertz CT molecular complexity index is 379. The van der Waals surface area contributed by atoms with Gasteiger partial charge in [0, 0.05) is 12.3 Å². The molecule has 0 atom stereocenters. The van der Waals surface area contributed by atoms with Crippen molar-refractivity contribution in [3.8, 4) is 5.75 Å². The number of aromatic nitrogens is 1. The van der Waals surface area contributed by atoms with Gasteiger partial charge >= 0.3 is 0 Å². The molecule has 0 spiro atoms. The zero-order valence-corrected chi connectivity index (χ0v) is 9.21. The van der Waals surface area contributed by atoms with E-state index in [1.165, 1.54) is 12.3 Å². The molecule has 1 aliphatic heterocycles. The van der Waals surface area contributed by atoms with Gasteiger partial charge in [0.05, 0.1) is 25.2 Å². The van der Waals surface area contributed by atoms with E-state index >= 15 is 0 Å². The first-order valence-corrected chi connectivity index (χ1v) is 5.16. The van der Waals surface area contributed by atoms with Crippen LogP contribution < -0.4 is 4.74 Å². The van der Waals surface area contributed by atoms with Crippen molar-refractivity contribution in [3.63, 3.8) is 0 Å². The SMILES string of the molecule is OCC1(COc2ccnc(Cl)c2F)COC1. The highest BCUT2D eigenvalue weighted by atomic mass is 35.5. The second-order valence-corrected chi connectivity index (χ2v) is 4.21. The van der Waals surface area contributed by atoms with Crippen LogP contribution in [-0.4, -0.2) is 36.5 Å². The third-order valence-electron chi connectivity index (χ3n) is 2.50. The molecule has 16 heavy (non-hydrogen) atoms. The Hall–Kier alpha value is -0.910. The Morgan fingerprint density at radius 1 is 1.62 bits per heavy atom. The number of hydrogen-bond acceptors (Lipinski definition) is 4. The van der Waals surface area contributed by atoms with Gasteiger partial charge in [-0.2, -0.15) is 4.39 Å². The number of ether oxygens (including phenoxy) is 2. The van der Waals surface area contributed by atoms with Crippen LogP contribution in [0.1, 0.15) is 0 Å². The van der Waals surface area contributed by atoms with Gasteiger partial charge in [0.15, 0.2) is 10.9 Å². The first kappa shape index (κ1) is 11.6. The molecule has 0 amide bonds. The monoisotopic (exact) mass is 247 g/mol. The quantitative estimate of drug-likeness (QED) is 0.814. The topological polar surface area (TPSA) is 51.6 Å². The van der Waals surface area contributed by atoms with E-state index in [0.29, 0.717) is 13.2 Å². The molecule has 1 saturated heterocycles. The molecule has 6 heteroatoms. The average molecular weight is 248 g/mol. The molecule has 0 aliphatic carbocycles. The lowest BCUT2D eigenvalue weighted by Crippen LogP contribution is -2.50. The van der Waals surface area contributed by atoms with Crippen LogP contribution in [0.5, 0.6) is 5.75 Å². The van der Waals surface area contributed by atoms with Crippen LogP contribution in [0.4, 0.5) is 4.39 Å². The molecule has 0 unspecified atom stereocenters. The molecule has 1 N–H and O–H groups in total. The van der Waals surface area contributed by atoms with Crippen molar-refractivity contribution in [2.75, 3.05) is 26.4 Å². The van der Waals surface area contributed by atoms with Gasteiger partial charge in [-0.25, -0.2) is 4.98 Å². The number of pyridine rings is 1. The molecule has 2 rings (SSSR count). The summed E-state index contributed by atoms with van der Waals surface area (Å²) in [5.74, 6) is -0.641. The van der Waals surface area contributed by atoms with E-state index in [1.807, 2.05) is 0 Å². The number of nitrogens with zero attached hydrogens (tertiary/aromatic N) is 1.